The summed E-state index contributed by atoms with van der Waals surface area (Å²) >= 11 is 1.59. The van der Waals surface area contributed by atoms with Gasteiger partial charge in [-0.25, -0.2) is 9.97 Å². The fourth-order valence-electron chi connectivity index (χ4n) is 1.80. The lowest BCUT2D eigenvalue weighted by Crippen LogP contribution is -2.10. The Bertz CT molecular complexity index is 478. The number of hydrogen-bond acceptors (Lipinski definition) is 4. The molecule has 2 rings (SSSR count). The highest BCUT2D eigenvalue weighted by Gasteiger charge is 2.15. The van der Waals surface area contributed by atoms with Crippen LogP contribution in [0.15, 0.2) is 17.8 Å². The number of aryl methyl sites for hydroxylation is 2. The van der Waals surface area contributed by atoms with E-state index in [2.05, 4.69) is 16.9 Å². The van der Waals surface area contributed by atoms with Crippen molar-refractivity contribution in [3.63, 3.8) is 0 Å². The summed E-state index contributed by atoms with van der Waals surface area (Å²) in [5.74, 6) is 0.736. The number of aliphatic hydroxyl groups is 1. The van der Waals surface area contributed by atoms with Crippen LogP contribution < -0.4 is 0 Å². The highest BCUT2D eigenvalue weighted by Crippen LogP contribution is 2.19. The van der Waals surface area contributed by atoms with Crippen LogP contribution in [0.4, 0.5) is 0 Å². The van der Waals surface area contributed by atoms with Gasteiger partial charge in [0.2, 0.25) is 0 Å². The van der Waals surface area contributed by atoms with Crippen LogP contribution in [0.25, 0.3) is 0 Å². The summed E-state index contributed by atoms with van der Waals surface area (Å²) < 4.78 is 2.01. The maximum atomic E-state index is 10.2. The number of hydrogen-bond donors (Lipinski definition) is 1. The summed E-state index contributed by atoms with van der Waals surface area (Å²) in [6.07, 6.45) is 4.66. The molecule has 1 N–H and O–H groups in total. The highest BCUT2D eigenvalue weighted by molar-refractivity contribution is 7.09. The van der Waals surface area contributed by atoms with Crippen molar-refractivity contribution in [2.45, 2.75) is 39.3 Å². The van der Waals surface area contributed by atoms with Gasteiger partial charge in [-0.3, -0.25) is 0 Å². The van der Waals surface area contributed by atoms with Gasteiger partial charge in [0.25, 0.3) is 0 Å². The van der Waals surface area contributed by atoms with Crippen molar-refractivity contribution in [2.75, 3.05) is 0 Å². The average Bonchev–Trinajstić information content (AvgIpc) is 2.88. The first-order valence-corrected chi connectivity index (χ1v) is 6.68. The number of aromatic nitrogens is 3. The Hall–Kier alpha value is -1.20. The van der Waals surface area contributed by atoms with E-state index >= 15 is 0 Å². The molecule has 0 radical (unpaired) electrons. The van der Waals surface area contributed by atoms with E-state index in [4.69, 9.17) is 0 Å². The molecule has 0 bridgehead atoms. The van der Waals surface area contributed by atoms with E-state index in [9.17, 15) is 5.11 Å². The van der Waals surface area contributed by atoms with Crippen LogP contribution in [0.5, 0.6) is 0 Å². The van der Waals surface area contributed by atoms with Gasteiger partial charge < -0.3 is 9.67 Å². The van der Waals surface area contributed by atoms with Gasteiger partial charge in [-0.05, 0) is 13.3 Å². The van der Waals surface area contributed by atoms with Crippen molar-refractivity contribution in [3.8, 4) is 0 Å². The Morgan fingerprint density at radius 2 is 2.35 bits per heavy atom. The van der Waals surface area contributed by atoms with Gasteiger partial charge in [0.05, 0.1) is 5.01 Å². The lowest BCUT2D eigenvalue weighted by molar-refractivity contribution is 0.163. The molecule has 0 fully saturated rings. The second-order valence-electron chi connectivity index (χ2n) is 4.08. The van der Waals surface area contributed by atoms with Crippen LogP contribution in [0.3, 0.4) is 0 Å². The molecule has 17 heavy (non-hydrogen) atoms. The maximum absolute atomic E-state index is 10.2. The van der Waals surface area contributed by atoms with Gasteiger partial charge in [0, 0.05) is 36.4 Å². The van der Waals surface area contributed by atoms with Crippen molar-refractivity contribution in [1.29, 1.82) is 0 Å². The zero-order valence-electron chi connectivity index (χ0n) is 10.1. The summed E-state index contributed by atoms with van der Waals surface area (Å²) in [7, 11) is 0. The fraction of sp³-hybridized carbons (Fsp3) is 0.500. The third-order valence-corrected chi connectivity index (χ3v) is 3.53. The smallest absolute Gasteiger partial charge is 0.138 e. The maximum Gasteiger partial charge on any atom is 0.138 e. The van der Waals surface area contributed by atoms with E-state index in [1.165, 1.54) is 0 Å². The van der Waals surface area contributed by atoms with E-state index in [1.807, 2.05) is 23.1 Å². The van der Waals surface area contributed by atoms with E-state index in [-0.39, 0.29) is 0 Å². The third kappa shape index (κ3) is 2.92. The van der Waals surface area contributed by atoms with Gasteiger partial charge in [-0.15, -0.1) is 11.3 Å². The van der Waals surface area contributed by atoms with Gasteiger partial charge in [-0.1, -0.05) is 6.92 Å². The standard InChI is InChI=1S/C12H17N3OS/c1-3-5-15-6-4-13-12(15)10(16)7-11-14-9(2)8-17-11/h4,6,8,10,16H,3,5,7H2,1-2H3. The third-order valence-electron chi connectivity index (χ3n) is 2.54. The second kappa shape index (κ2) is 5.42. The summed E-state index contributed by atoms with van der Waals surface area (Å²) in [5.41, 5.74) is 1.01. The monoisotopic (exact) mass is 251 g/mol. The molecule has 0 aliphatic rings. The van der Waals surface area contributed by atoms with E-state index < -0.39 is 6.10 Å². The number of nitrogens with zero attached hydrogens (tertiary/aromatic N) is 3. The summed E-state index contributed by atoms with van der Waals surface area (Å²) in [5, 5.41) is 13.1. The van der Waals surface area contributed by atoms with Crippen molar-refractivity contribution in [1.82, 2.24) is 14.5 Å². The molecule has 2 aromatic heterocycles. The molecule has 0 spiro atoms. The number of rotatable bonds is 5. The van der Waals surface area contributed by atoms with Crippen LogP contribution in [0, 0.1) is 6.92 Å². The Kier molecular flexibility index (Phi) is 3.91. The highest BCUT2D eigenvalue weighted by atomic mass is 32.1. The SMILES string of the molecule is CCCn1ccnc1C(O)Cc1nc(C)cs1. The molecule has 92 valence electrons. The zero-order valence-corrected chi connectivity index (χ0v) is 10.9. The zero-order chi connectivity index (χ0) is 12.3. The Labute approximate surface area is 105 Å². The quantitative estimate of drug-likeness (QED) is 0.887. The molecule has 1 atom stereocenters. The average molecular weight is 251 g/mol. The van der Waals surface area contributed by atoms with Crippen LogP contribution in [-0.2, 0) is 13.0 Å². The lowest BCUT2D eigenvalue weighted by atomic mass is 10.2. The molecule has 2 aromatic rings. The van der Waals surface area contributed by atoms with Gasteiger partial charge in [0.1, 0.15) is 11.9 Å². The topological polar surface area (TPSA) is 50.9 Å². The molecule has 4 nitrogen and oxygen atoms in total. The molecule has 5 heteroatoms. The summed E-state index contributed by atoms with van der Waals surface area (Å²) in [4.78, 5) is 8.59. The lowest BCUT2D eigenvalue weighted by Gasteiger charge is -2.11. The normalized spacial score (nSPS) is 12.9. The largest absolute Gasteiger partial charge is 0.385 e. The Morgan fingerprint density at radius 1 is 1.53 bits per heavy atom. The molecule has 0 saturated carbocycles. The summed E-state index contributed by atoms with van der Waals surface area (Å²) in [6.45, 7) is 4.97. The van der Waals surface area contributed by atoms with Crippen molar-refractivity contribution >= 4 is 11.3 Å². The Morgan fingerprint density at radius 3 is 3.00 bits per heavy atom. The molecule has 0 saturated heterocycles. The minimum atomic E-state index is -0.568. The molecule has 0 aliphatic carbocycles. The number of thiazole rings is 1. The van der Waals surface area contributed by atoms with Gasteiger partial charge in [0.15, 0.2) is 0 Å². The van der Waals surface area contributed by atoms with Crippen LogP contribution in [0.2, 0.25) is 0 Å². The van der Waals surface area contributed by atoms with E-state index in [1.54, 1.807) is 17.5 Å². The summed E-state index contributed by atoms with van der Waals surface area (Å²) in [6, 6.07) is 0. The first kappa shape index (κ1) is 12.3. The first-order valence-electron chi connectivity index (χ1n) is 5.80. The van der Waals surface area contributed by atoms with Gasteiger partial charge >= 0.3 is 0 Å². The minimum absolute atomic E-state index is 0.541. The van der Waals surface area contributed by atoms with E-state index in [0.29, 0.717) is 6.42 Å². The molecule has 2 heterocycles. The number of imidazole rings is 1. The van der Waals surface area contributed by atoms with Crippen LogP contribution in [0.1, 0.15) is 36.0 Å². The molecule has 0 aliphatic heterocycles. The number of aliphatic hydroxyl groups excluding tert-OH is 1. The van der Waals surface area contributed by atoms with E-state index in [0.717, 1.165) is 29.5 Å². The van der Waals surface area contributed by atoms with Crippen LogP contribution in [-0.4, -0.2) is 19.6 Å². The Balaban J connectivity index is 2.08. The van der Waals surface area contributed by atoms with Crippen molar-refractivity contribution < 1.29 is 5.11 Å². The molecular weight excluding hydrogens is 234 g/mol. The fourth-order valence-corrected chi connectivity index (χ4v) is 2.61. The predicted molar refractivity (Wildman–Crippen MR) is 68.0 cm³/mol. The van der Waals surface area contributed by atoms with Gasteiger partial charge in [-0.2, -0.15) is 0 Å². The molecule has 1 unspecified atom stereocenters. The molecular formula is C12H17N3OS. The first-order chi connectivity index (χ1) is 8.20. The van der Waals surface area contributed by atoms with Crippen LogP contribution >= 0.6 is 11.3 Å². The minimum Gasteiger partial charge on any atom is -0.385 e. The molecule has 0 amide bonds. The van der Waals surface area contributed by atoms with Crippen molar-refractivity contribution in [3.05, 3.63) is 34.3 Å². The molecule has 0 aromatic carbocycles. The van der Waals surface area contributed by atoms with Crippen molar-refractivity contribution in [2.24, 2.45) is 0 Å². The predicted octanol–water partition coefficient (Wildman–Crippen LogP) is 2.33. The second-order valence-corrected chi connectivity index (χ2v) is 5.02.